The van der Waals surface area contributed by atoms with E-state index in [1.54, 1.807) is 6.07 Å². The number of halogens is 1. The van der Waals surface area contributed by atoms with Gasteiger partial charge in [0.25, 0.3) is 5.91 Å². The lowest BCUT2D eigenvalue weighted by molar-refractivity contribution is -0.142. The lowest BCUT2D eigenvalue weighted by atomic mass is 10.1. The van der Waals surface area contributed by atoms with Gasteiger partial charge in [-0.25, -0.2) is 4.39 Å². The maximum atomic E-state index is 13.6. The van der Waals surface area contributed by atoms with E-state index in [2.05, 4.69) is 4.90 Å². The fourth-order valence-corrected chi connectivity index (χ4v) is 2.97. The number of piperazine rings is 1. The predicted molar refractivity (Wildman–Crippen MR) is 77.2 cm³/mol. The van der Waals surface area contributed by atoms with Gasteiger partial charge >= 0.3 is 0 Å². The second-order valence-electron chi connectivity index (χ2n) is 5.69. The average Bonchev–Trinajstić information content (AvgIpc) is 3.04. The highest BCUT2D eigenvalue weighted by molar-refractivity contribution is 5.81. The first kappa shape index (κ1) is 14.5. The van der Waals surface area contributed by atoms with Crippen LogP contribution in [0.25, 0.3) is 0 Å². The van der Waals surface area contributed by atoms with Crippen molar-refractivity contribution in [3.05, 3.63) is 35.6 Å². The quantitative estimate of drug-likeness (QED) is 0.849. The summed E-state index contributed by atoms with van der Waals surface area (Å²) in [4.78, 5) is 16.3. The standard InChI is InChI=1S/C16H21FN2O2/c17-14-5-2-1-4-13(14)12-18-7-9-19(10-8-18)16(20)15-6-3-11-21-15/h1-2,4-5,15H,3,6-12H2/t15-/m1/s1. The zero-order valence-electron chi connectivity index (χ0n) is 12.1. The van der Waals surface area contributed by atoms with Crippen LogP contribution < -0.4 is 0 Å². The molecular formula is C16H21FN2O2. The molecule has 0 aliphatic carbocycles. The fourth-order valence-electron chi connectivity index (χ4n) is 2.97. The van der Waals surface area contributed by atoms with E-state index >= 15 is 0 Å². The Kier molecular flexibility index (Phi) is 4.51. The summed E-state index contributed by atoms with van der Waals surface area (Å²) >= 11 is 0. The van der Waals surface area contributed by atoms with Gasteiger partial charge in [-0.1, -0.05) is 18.2 Å². The van der Waals surface area contributed by atoms with Crippen molar-refractivity contribution in [3.63, 3.8) is 0 Å². The van der Waals surface area contributed by atoms with Crippen molar-refractivity contribution in [1.29, 1.82) is 0 Å². The molecule has 1 aromatic carbocycles. The maximum absolute atomic E-state index is 13.6. The van der Waals surface area contributed by atoms with Gasteiger partial charge in [0.2, 0.25) is 0 Å². The van der Waals surface area contributed by atoms with Crippen LogP contribution in [0, 0.1) is 5.82 Å². The number of rotatable bonds is 3. The first-order valence-electron chi connectivity index (χ1n) is 7.60. The molecule has 2 saturated heterocycles. The highest BCUT2D eigenvalue weighted by Crippen LogP contribution is 2.17. The van der Waals surface area contributed by atoms with E-state index in [1.807, 2.05) is 17.0 Å². The van der Waals surface area contributed by atoms with Crippen LogP contribution in [0.5, 0.6) is 0 Å². The molecule has 21 heavy (non-hydrogen) atoms. The van der Waals surface area contributed by atoms with E-state index in [0.29, 0.717) is 26.2 Å². The molecule has 0 radical (unpaired) electrons. The Balaban J connectivity index is 1.51. The Labute approximate surface area is 124 Å². The fraction of sp³-hybridized carbons (Fsp3) is 0.562. The molecule has 1 amide bonds. The minimum atomic E-state index is -0.233. The Morgan fingerprint density at radius 3 is 2.67 bits per heavy atom. The number of hydrogen-bond acceptors (Lipinski definition) is 3. The minimum absolute atomic E-state index is 0.123. The summed E-state index contributed by atoms with van der Waals surface area (Å²) in [5, 5.41) is 0. The molecule has 1 atom stereocenters. The van der Waals surface area contributed by atoms with Crippen LogP contribution in [0.1, 0.15) is 18.4 Å². The van der Waals surface area contributed by atoms with Crippen molar-refractivity contribution in [1.82, 2.24) is 9.80 Å². The molecule has 0 saturated carbocycles. The van der Waals surface area contributed by atoms with E-state index < -0.39 is 0 Å². The predicted octanol–water partition coefficient (Wildman–Crippen LogP) is 1.65. The van der Waals surface area contributed by atoms with Crippen LogP contribution in [0.15, 0.2) is 24.3 Å². The number of benzene rings is 1. The Hall–Kier alpha value is -1.46. The molecule has 2 aliphatic rings. The van der Waals surface area contributed by atoms with Crippen molar-refractivity contribution < 1.29 is 13.9 Å². The van der Waals surface area contributed by atoms with Crippen LogP contribution >= 0.6 is 0 Å². The lowest BCUT2D eigenvalue weighted by Crippen LogP contribution is -2.51. The SMILES string of the molecule is O=C([C@H]1CCCO1)N1CCN(Cc2ccccc2F)CC1. The van der Waals surface area contributed by atoms with Crippen LogP contribution in [-0.4, -0.2) is 54.6 Å². The summed E-state index contributed by atoms with van der Waals surface area (Å²) < 4.78 is 19.1. The monoisotopic (exact) mass is 292 g/mol. The van der Waals surface area contributed by atoms with Crippen molar-refractivity contribution in [2.45, 2.75) is 25.5 Å². The van der Waals surface area contributed by atoms with Gasteiger partial charge in [0.15, 0.2) is 0 Å². The summed E-state index contributed by atoms with van der Waals surface area (Å²) in [6, 6.07) is 6.87. The minimum Gasteiger partial charge on any atom is -0.368 e. The highest BCUT2D eigenvalue weighted by atomic mass is 19.1. The van der Waals surface area contributed by atoms with Crippen molar-refractivity contribution in [3.8, 4) is 0 Å². The van der Waals surface area contributed by atoms with E-state index in [0.717, 1.165) is 31.5 Å². The Morgan fingerprint density at radius 2 is 2.00 bits per heavy atom. The average molecular weight is 292 g/mol. The first-order chi connectivity index (χ1) is 10.2. The smallest absolute Gasteiger partial charge is 0.251 e. The first-order valence-corrected chi connectivity index (χ1v) is 7.60. The van der Waals surface area contributed by atoms with Gasteiger partial charge in [0.1, 0.15) is 11.9 Å². The van der Waals surface area contributed by atoms with Gasteiger partial charge in [-0.15, -0.1) is 0 Å². The summed E-state index contributed by atoms with van der Waals surface area (Å²) in [5.74, 6) is -0.0339. The maximum Gasteiger partial charge on any atom is 0.251 e. The van der Waals surface area contributed by atoms with E-state index in [-0.39, 0.29) is 17.8 Å². The van der Waals surface area contributed by atoms with Gasteiger partial charge in [-0.2, -0.15) is 0 Å². The molecule has 5 heteroatoms. The van der Waals surface area contributed by atoms with Gasteiger partial charge in [0.05, 0.1) is 0 Å². The second kappa shape index (κ2) is 6.54. The highest BCUT2D eigenvalue weighted by Gasteiger charge is 2.30. The number of hydrogen-bond donors (Lipinski definition) is 0. The molecule has 2 aliphatic heterocycles. The third-order valence-electron chi connectivity index (χ3n) is 4.24. The molecule has 0 N–H and O–H groups in total. The van der Waals surface area contributed by atoms with E-state index in [9.17, 15) is 9.18 Å². The Bertz CT molecular complexity index is 495. The zero-order valence-corrected chi connectivity index (χ0v) is 12.1. The molecule has 2 fully saturated rings. The van der Waals surface area contributed by atoms with Crippen LogP contribution in [0.2, 0.25) is 0 Å². The topological polar surface area (TPSA) is 32.8 Å². The van der Waals surface area contributed by atoms with Crippen LogP contribution in [0.4, 0.5) is 4.39 Å². The van der Waals surface area contributed by atoms with Gasteiger partial charge in [-0.05, 0) is 18.9 Å². The number of amides is 1. The molecule has 3 rings (SSSR count). The molecular weight excluding hydrogens is 271 g/mol. The number of carbonyl (C=O) groups is 1. The number of ether oxygens (including phenoxy) is 1. The van der Waals surface area contributed by atoms with Crippen LogP contribution in [-0.2, 0) is 16.1 Å². The normalized spacial score (nSPS) is 23.5. The second-order valence-corrected chi connectivity index (χ2v) is 5.69. The Morgan fingerprint density at radius 1 is 1.24 bits per heavy atom. The lowest BCUT2D eigenvalue weighted by Gasteiger charge is -2.35. The number of carbonyl (C=O) groups excluding carboxylic acids is 1. The molecule has 0 spiro atoms. The third kappa shape index (κ3) is 3.41. The largest absolute Gasteiger partial charge is 0.368 e. The molecule has 1 aromatic rings. The number of nitrogens with zero attached hydrogens (tertiary/aromatic N) is 2. The summed E-state index contributed by atoms with van der Waals surface area (Å²) in [6.07, 6.45) is 1.58. The van der Waals surface area contributed by atoms with Crippen molar-refractivity contribution >= 4 is 5.91 Å². The molecule has 114 valence electrons. The molecule has 4 nitrogen and oxygen atoms in total. The van der Waals surface area contributed by atoms with Gasteiger partial charge in [0, 0.05) is 44.9 Å². The molecule has 0 aromatic heterocycles. The molecule has 0 bridgehead atoms. The van der Waals surface area contributed by atoms with Gasteiger partial charge in [-0.3, -0.25) is 9.69 Å². The van der Waals surface area contributed by atoms with E-state index in [4.69, 9.17) is 4.74 Å². The van der Waals surface area contributed by atoms with Crippen molar-refractivity contribution in [2.75, 3.05) is 32.8 Å². The van der Waals surface area contributed by atoms with Crippen molar-refractivity contribution in [2.24, 2.45) is 0 Å². The zero-order chi connectivity index (χ0) is 14.7. The summed E-state index contributed by atoms with van der Waals surface area (Å²) in [7, 11) is 0. The van der Waals surface area contributed by atoms with E-state index in [1.165, 1.54) is 6.07 Å². The van der Waals surface area contributed by atoms with Crippen LogP contribution in [0.3, 0.4) is 0 Å². The summed E-state index contributed by atoms with van der Waals surface area (Å²) in [6.45, 7) is 4.28. The van der Waals surface area contributed by atoms with Gasteiger partial charge < -0.3 is 9.64 Å². The summed E-state index contributed by atoms with van der Waals surface area (Å²) in [5.41, 5.74) is 0.719. The third-order valence-corrected chi connectivity index (χ3v) is 4.24. The molecule has 0 unspecified atom stereocenters. The molecule has 2 heterocycles.